The first-order valence-corrected chi connectivity index (χ1v) is 2.11. The summed E-state index contributed by atoms with van der Waals surface area (Å²) in [5.74, 6) is 0.0741. The summed E-state index contributed by atoms with van der Waals surface area (Å²) in [7, 11) is 0. The highest BCUT2D eigenvalue weighted by atomic mass is 32.1. The van der Waals surface area contributed by atoms with Crippen LogP contribution in [0.4, 0.5) is 0 Å². The van der Waals surface area contributed by atoms with Crippen LogP contribution in [0.1, 0.15) is 6.92 Å². The summed E-state index contributed by atoms with van der Waals surface area (Å²) in [6.45, 7) is 1.71. The van der Waals surface area contributed by atoms with Gasteiger partial charge in [-0.2, -0.15) is 0 Å². The molecule has 2 nitrogen and oxygen atoms in total. The van der Waals surface area contributed by atoms with Crippen molar-refractivity contribution in [3.63, 3.8) is 0 Å². The molecular formula is C3H7N2S. The predicted octanol–water partition coefficient (Wildman–Crippen LogP) is 0.508. The standard InChI is InChI=1S/C3H7N2S/c1-2(6)3(4)5/h2H,1H3,(H3,4,5). The molecule has 0 saturated carbocycles. The van der Waals surface area contributed by atoms with Crippen molar-refractivity contribution >= 4 is 18.5 Å². The Morgan fingerprint density at radius 3 is 2.17 bits per heavy atom. The molecule has 0 aromatic heterocycles. The topological polar surface area (TPSA) is 49.9 Å². The van der Waals surface area contributed by atoms with Crippen LogP contribution in [-0.2, 0) is 0 Å². The second-order valence-corrected chi connectivity index (χ2v) is 1.80. The van der Waals surface area contributed by atoms with Crippen LogP contribution in [0.2, 0.25) is 0 Å². The zero-order chi connectivity index (χ0) is 5.15. The van der Waals surface area contributed by atoms with Crippen LogP contribution < -0.4 is 5.73 Å². The van der Waals surface area contributed by atoms with Crippen molar-refractivity contribution in [1.82, 2.24) is 0 Å². The molecular weight excluding hydrogens is 96.1 g/mol. The van der Waals surface area contributed by atoms with Crippen molar-refractivity contribution in [2.24, 2.45) is 5.73 Å². The van der Waals surface area contributed by atoms with Gasteiger partial charge < -0.3 is 5.73 Å². The SMILES string of the molecule is CC([S])C(=N)N. The minimum absolute atomic E-state index is 0.0741. The number of nitrogens with one attached hydrogen (secondary N) is 1. The zero-order valence-corrected chi connectivity index (χ0v) is 4.38. The molecule has 1 unspecified atom stereocenters. The molecule has 0 heterocycles. The second kappa shape index (κ2) is 2.08. The maximum absolute atomic E-state index is 6.62. The minimum Gasteiger partial charge on any atom is -0.387 e. The average molecular weight is 103 g/mol. The van der Waals surface area contributed by atoms with E-state index >= 15 is 0 Å². The highest BCUT2D eigenvalue weighted by Crippen LogP contribution is 1.86. The molecule has 0 aromatic rings. The summed E-state index contributed by atoms with van der Waals surface area (Å²) in [5.41, 5.74) is 4.91. The van der Waals surface area contributed by atoms with Crippen molar-refractivity contribution < 1.29 is 0 Å². The fourth-order valence-electron chi connectivity index (χ4n) is 0. The molecule has 1 atom stereocenters. The largest absolute Gasteiger partial charge is 0.387 e. The third-order valence-corrected chi connectivity index (χ3v) is 0.692. The quantitative estimate of drug-likeness (QED) is 0.368. The lowest BCUT2D eigenvalue weighted by molar-refractivity contribution is 1.24. The number of hydrogen-bond donors (Lipinski definition) is 2. The number of amidine groups is 1. The molecule has 0 aromatic carbocycles. The Hall–Kier alpha value is -0.180. The smallest absolute Gasteiger partial charge is 0.104 e. The van der Waals surface area contributed by atoms with E-state index in [1.807, 2.05) is 0 Å². The Kier molecular flexibility index (Phi) is 2.01. The van der Waals surface area contributed by atoms with Crippen LogP contribution in [-0.4, -0.2) is 11.1 Å². The highest BCUT2D eigenvalue weighted by Gasteiger charge is 1.93. The molecule has 6 heavy (non-hydrogen) atoms. The van der Waals surface area contributed by atoms with E-state index in [9.17, 15) is 0 Å². The molecule has 0 saturated heterocycles. The molecule has 1 radical (unpaired) electrons. The van der Waals surface area contributed by atoms with E-state index in [4.69, 9.17) is 11.1 Å². The number of hydrogen-bond acceptors (Lipinski definition) is 1. The molecule has 0 spiro atoms. The van der Waals surface area contributed by atoms with E-state index < -0.39 is 0 Å². The maximum Gasteiger partial charge on any atom is 0.104 e. The van der Waals surface area contributed by atoms with Crippen molar-refractivity contribution in [3.8, 4) is 0 Å². The molecule has 0 amide bonds. The molecule has 3 N–H and O–H groups in total. The van der Waals surface area contributed by atoms with Crippen LogP contribution >= 0.6 is 12.6 Å². The van der Waals surface area contributed by atoms with Gasteiger partial charge in [0.15, 0.2) is 0 Å². The van der Waals surface area contributed by atoms with Crippen LogP contribution in [0.25, 0.3) is 0 Å². The molecule has 0 aliphatic rings. The maximum atomic E-state index is 6.62. The van der Waals surface area contributed by atoms with Crippen LogP contribution in [0, 0.1) is 5.41 Å². The fourth-order valence-corrected chi connectivity index (χ4v) is 0. The number of nitrogens with two attached hydrogens (primary N) is 1. The van der Waals surface area contributed by atoms with Gasteiger partial charge in [0.2, 0.25) is 0 Å². The Morgan fingerprint density at radius 1 is 2.00 bits per heavy atom. The molecule has 35 valence electrons. The van der Waals surface area contributed by atoms with E-state index in [0.29, 0.717) is 0 Å². The van der Waals surface area contributed by atoms with Gasteiger partial charge in [-0.3, -0.25) is 5.41 Å². The monoisotopic (exact) mass is 103 g/mol. The van der Waals surface area contributed by atoms with Gasteiger partial charge in [-0.15, -0.1) is 0 Å². The van der Waals surface area contributed by atoms with Crippen molar-refractivity contribution in [2.45, 2.75) is 12.2 Å². The third kappa shape index (κ3) is 2.08. The van der Waals surface area contributed by atoms with E-state index in [1.54, 1.807) is 6.92 Å². The summed E-state index contributed by atoms with van der Waals surface area (Å²) >= 11 is 4.55. The minimum atomic E-state index is -0.204. The van der Waals surface area contributed by atoms with Gasteiger partial charge in [-0.25, -0.2) is 0 Å². The molecule has 3 heteroatoms. The van der Waals surface area contributed by atoms with Gasteiger partial charge in [0, 0.05) is 0 Å². The lowest BCUT2D eigenvalue weighted by Gasteiger charge is -1.93. The van der Waals surface area contributed by atoms with E-state index in [2.05, 4.69) is 12.6 Å². The van der Waals surface area contributed by atoms with Gasteiger partial charge in [0.1, 0.15) is 5.84 Å². The average Bonchev–Trinajstić information content (AvgIpc) is 1.36. The second-order valence-electron chi connectivity index (χ2n) is 1.10. The molecule has 0 rings (SSSR count). The van der Waals surface area contributed by atoms with Gasteiger partial charge in [-0.05, 0) is 6.92 Å². The summed E-state index contributed by atoms with van der Waals surface area (Å²) in [5, 5.41) is 6.42. The number of rotatable bonds is 1. The highest BCUT2D eigenvalue weighted by molar-refractivity contribution is 7.81. The Bertz CT molecular complexity index is 59.8. The van der Waals surface area contributed by atoms with Crippen molar-refractivity contribution in [1.29, 1.82) is 5.41 Å². The van der Waals surface area contributed by atoms with Crippen LogP contribution in [0.3, 0.4) is 0 Å². The Morgan fingerprint density at radius 2 is 2.17 bits per heavy atom. The van der Waals surface area contributed by atoms with Gasteiger partial charge in [0.25, 0.3) is 0 Å². The lowest BCUT2D eigenvalue weighted by Crippen LogP contribution is -2.19. The van der Waals surface area contributed by atoms with E-state index in [0.717, 1.165) is 0 Å². The normalized spacial score (nSPS) is 13.7. The summed E-state index contributed by atoms with van der Waals surface area (Å²) in [6.07, 6.45) is 0. The van der Waals surface area contributed by atoms with Gasteiger partial charge >= 0.3 is 0 Å². The summed E-state index contributed by atoms with van der Waals surface area (Å²) in [4.78, 5) is 0. The van der Waals surface area contributed by atoms with Crippen LogP contribution in [0.5, 0.6) is 0 Å². The first-order chi connectivity index (χ1) is 2.64. The Labute approximate surface area is 42.6 Å². The van der Waals surface area contributed by atoms with E-state index in [-0.39, 0.29) is 11.1 Å². The van der Waals surface area contributed by atoms with Crippen molar-refractivity contribution in [3.05, 3.63) is 0 Å². The predicted molar refractivity (Wildman–Crippen MR) is 29.0 cm³/mol. The lowest BCUT2D eigenvalue weighted by atomic mass is 10.4. The van der Waals surface area contributed by atoms with E-state index in [1.165, 1.54) is 0 Å². The van der Waals surface area contributed by atoms with Crippen molar-refractivity contribution in [2.75, 3.05) is 0 Å². The fraction of sp³-hybridized carbons (Fsp3) is 0.667. The van der Waals surface area contributed by atoms with Gasteiger partial charge in [0.05, 0.1) is 5.25 Å². The zero-order valence-electron chi connectivity index (χ0n) is 3.56. The Balaban J connectivity index is 3.26. The van der Waals surface area contributed by atoms with Crippen LogP contribution in [0.15, 0.2) is 0 Å². The first kappa shape index (κ1) is 5.82. The molecule has 0 bridgehead atoms. The summed E-state index contributed by atoms with van der Waals surface area (Å²) in [6, 6.07) is 0. The molecule has 0 aliphatic carbocycles. The first-order valence-electron chi connectivity index (χ1n) is 1.64. The third-order valence-electron chi connectivity index (χ3n) is 0.438. The van der Waals surface area contributed by atoms with Gasteiger partial charge in [-0.1, -0.05) is 12.6 Å². The summed E-state index contributed by atoms with van der Waals surface area (Å²) < 4.78 is 0. The molecule has 0 aliphatic heterocycles. The molecule has 0 fully saturated rings.